The van der Waals surface area contributed by atoms with Crippen molar-refractivity contribution in [2.75, 3.05) is 13.6 Å². The van der Waals surface area contributed by atoms with E-state index in [4.69, 9.17) is 0 Å². The van der Waals surface area contributed by atoms with E-state index in [1.807, 2.05) is 17.9 Å². The number of hydrogen-bond acceptors (Lipinski definition) is 2. The van der Waals surface area contributed by atoms with Gasteiger partial charge in [0.1, 0.15) is 0 Å². The second-order valence-corrected chi connectivity index (χ2v) is 5.07. The third-order valence-corrected chi connectivity index (χ3v) is 3.84. The molecular formula is C13H23N3. The molecule has 2 rings (SSSR count). The molecule has 90 valence electrons. The third-order valence-electron chi connectivity index (χ3n) is 3.84. The highest BCUT2D eigenvalue weighted by atomic mass is 15.2. The van der Waals surface area contributed by atoms with E-state index in [2.05, 4.69) is 23.7 Å². The number of aromatic nitrogens is 2. The molecule has 1 heterocycles. The van der Waals surface area contributed by atoms with Crippen LogP contribution in [0.1, 0.15) is 31.2 Å². The van der Waals surface area contributed by atoms with Gasteiger partial charge in [0.25, 0.3) is 0 Å². The van der Waals surface area contributed by atoms with E-state index in [-0.39, 0.29) is 0 Å². The summed E-state index contributed by atoms with van der Waals surface area (Å²) in [5.74, 6) is 1.83. The lowest BCUT2D eigenvalue weighted by atomic mass is 9.90. The molecule has 1 aliphatic carbocycles. The first-order chi connectivity index (χ1) is 7.79. The maximum Gasteiger partial charge on any atom is 0.0521 e. The van der Waals surface area contributed by atoms with Crippen molar-refractivity contribution in [3.63, 3.8) is 0 Å². The summed E-state index contributed by atoms with van der Waals surface area (Å²) in [5, 5.41) is 7.55. The van der Waals surface area contributed by atoms with Crippen molar-refractivity contribution >= 4 is 0 Å². The summed E-state index contributed by atoms with van der Waals surface area (Å²) in [4.78, 5) is 0. The van der Waals surface area contributed by atoms with E-state index in [0.29, 0.717) is 0 Å². The van der Waals surface area contributed by atoms with Gasteiger partial charge in [0, 0.05) is 13.2 Å². The topological polar surface area (TPSA) is 29.9 Å². The molecule has 1 aliphatic rings. The molecule has 2 unspecified atom stereocenters. The molecule has 0 spiro atoms. The molecule has 1 aromatic rings. The van der Waals surface area contributed by atoms with Crippen LogP contribution < -0.4 is 5.32 Å². The molecular weight excluding hydrogens is 198 g/mol. The molecule has 2 atom stereocenters. The fraction of sp³-hybridized carbons (Fsp3) is 0.769. The first-order valence-corrected chi connectivity index (χ1v) is 6.41. The molecule has 0 radical (unpaired) electrons. The van der Waals surface area contributed by atoms with Crippen molar-refractivity contribution in [3.05, 3.63) is 18.0 Å². The second-order valence-electron chi connectivity index (χ2n) is 5.07. The first-order valence-electron chi connectivity index (χ1n) is 6.41. The quantitative estimate of drug-likeness (QED) is 0.824. The van der Waals surface area contributed by atoms with Crippen molar-refractivity contribution in [2.45, 2.75) is 32.1 Å². The minimum absolute atomic E-state index is 0.904. The average molecular weight is 221 g/mol. The predicted molar refractivity (Wildman–Crippen MR) is 66.3 cm³/mol. The van der Waals surface area contributed by atoms with Gasteiger partial charge in [0.2, 0.25) is 0 Å². The molecule has 1 saturated carbocycles. The van der Waals surface area contributed by atoms with Gasteiger partial charge < -0.3 is 5.32 Å². The first kappa shape index (κ1) is 11.6. The largest absolute Gasteiger partial charge is 0.319 e. The Labute approximate surface area is 98.2 Å². The molecule has 3 heteroatoms. The van der Waals surface area contributed by atoms with Gasteiger partial charge in [-0.05, 0) is 50.3 Å². The van der Waals surface area contributed by atoms with Crippen molar-refractivity contribution in [1.29, 1.82) is 0 Å². The molecule has 1 fully saturated rings. The summed E-state index contributed by atoms with van der Waals surface area (Å²) in [7, 11) is 4.05. The zero-order valence-electron chi connectivity index (χ0n) is 10.4. The van der Waals surface area contributed by atoms with Crippen molar-refractivity contribution in [3.8, 4) is 0 Å². The third kappa shape index (κ3) is 2.85. The summed E-state index contributed by atoms with van der Waals surface area (Å²) in [6.07, 6.45) is 10.9. The van der Waals surface area contributed by atoms with E-state index in [1.165, 1.54) is 44.2 Å². The zero-order chi connectivity index (χ0) is 11.4. The van der Waals surface area contributed by atoms with Gasteiger partial charge in [-0.2, -0.15) is 5.10 Å². The molecule has 16 heavy (non-hydrogen) atoms. The fourth-order valence-corrected chi connectivity index (χ4v) is 2.98. The molecule has 1 aromatic heterocycles. The highest BCUT2D eigenvalue weighted by Gasteiger charge is 2.26. The van der Waals surface area contributed by atoms with Crippen molar-refractivity contribution in [2.24, 2.45) is 18.9 Å². The molecule has 0 saturated heterocycles. The molecule has 3 nitrogen and oxygen atoms in total. The summed E-state index contributed by atoms with van der Waals surface area (Å²) in [6, 6.07) is 0. The smallest absolute Gasteiger partial charge is 0.0521 e. The minimum Gasteiger partial charge on any atom is -0.319 e. The van der Waals surface area contributed by atoms with Crippen LogP contribution in [-0.4, -0.2) is 23.4 Å². The molecule has 0 bridgehead atoms. The van der Waals surface area contributed by atoms with Gasteiger partial charge in [0.15, 0.2) is 0 Å². The van der Waals surface area contributed by atoms with E-state index >= 15 is 0 Å². The van der Waals surface area contributed by atoms with Crippen LogP contribution in [0.5, 0.6) is 0 Å². The van der Waals surface area contributed by atoms with Crippen LogP contribution in [0.4, 0.5) is 0 Å². The summed E-state index contributed by atoms with van der Waals surface area (Å²) in [6.45, 7) is 1.19. The van der Waals surface area contributed by atoms with Crippen LogP contribution in [0.25, 0.3) is 0 Å². The fourth-order valence-electron chi connectivity index (χ4n) is 2.98. The van der Waals surface area contributed by atoms with E-state index in [1.54, 1.807) is 0 Å². The Kier molecular flexibility index (Phi) is 3.99. The summed E-state index contributed by atoms with van der Waals surface area (Å²) in [5.41, 5.74) is 1.39. The Morgan fingerprint density at radius 1 is 1.44 bits per heavy atom. The summed E-state index contributed by atoms with van der Waals surface area (Å²) < 4.78 is 1.90. The maximum absolute atomic E-state index is 4.22. The van der Waals surface area contributed by atoms with Gasteiger partial charge >= 0.3 is 0 Å². The Bertz CT molecular complexity index is 319. The van der Waals surface area contributed by atoms with Gasteiger partial charge in [-0.15, -0.1) is 0 Å². The Morgan fingerprint density at radius 2 is 2.25 bits per heavy atom. The molecule has 0 aliphatic heterocycles. The highest BCUT2D eigenvalue weighted by Crippen LogP contribution is 2.34. The Balaban J connectivity index is 1.80. The highest BCUT2D eigenvalue weighted by molar-refractivity contribution is 5.04. The average Bonchev–Trinajstić information content (AvgIpc) is 2.85. The van der Waals surface area contributed by atoms with Crippen LogP contribution in [0, 0.1) is 11.8 Å². The SMILES string of the molecule is CNCC1CCCC1CCc1cnn(C)c1. The number of aryl methyl sites for hydroxylation is 2. The van der Waals surface area contributed by atoms with Crippen LogP contribution in [-0.2, 0) is 13.5 Å². The molecule has 0 amide bonds. The lowest BCUT2D eigenvalue weighted by molar-refractivity contribution is 0.355. The van der Waals surface area contributed by atoms with Crippen LogP contribution in [0.3, 0.4) is 0 Å². The number of nitrogens with one attached hydrogen (secondary N) is 1. The molecule has 0 aromatic carbocycles. The lowest BCUT2D eigenvalue weighted by Crippen LogP contribution is -2.22. The summed E-state index contributed by atoms with van der Waals surface area (Å²) >= 11 is 0. The van der Waals surface area contributed by atoms with Gasteiger partial charge in [-0.3, -0.25) is 4.68 Å². The van der Waals surface area contributed by atoms with Crippen LogP contribution in [0.15, 0.2) is 12.4 Å². The lowest BCUT2D eigenvalue weighted by Gasteiger charge is -2.18. The normalized spacial score (nSPS) is 25.1. The van der Waals surface area contributed by atoms with Crippen LogP contribution in [0.2, 0.25) is 0 Å². The predicted octanol–water partition coefficient (Wildman–Crippen LogP) is 1.99. The minimum atomic E-state index is 0.904. The van der Waals surface area contributed by atoms with E-state index < -0.39 is 0 Å². The van der Waals surface area contributed by atoms with Gasteiger partial charge in [-0.25, -0.2) is 0 Å². The molecule has 1 N–H and O–H groups in total. The van der Waals surface area contributed by atoms with Gasteiger partial charge in [-0.1, -0.05) is 12.8 Å². The monoisotopic (exact) mass is 221 g/mol. The van der Waals surface area contributed by atoms with Crippen LogP contribution >= 0.6 is 0 Å². The number of hydrogen-bond donors (Lipinski definition) is 1. The zero-order valence-corrected chi connectivity index (χ0v) is 10.4. The standard InChI is InChI=1S/C13H23N3/c1-14-9-13-5-3-4-12(13)7-6-11-8-15-16(2)10-11/h8,10,12-14H,3-7,9H2,1-2H3. The number of nitrogens with zero attached hydrogens (tertiary/aromatic N) is 2. The Hall–Kier alpha value is -0.830. The Morgan fingerprint density at radius 3 is 2.94 bits per heavy atom. The second kappa shape index (κ2) is 5.48. The van der Waals surface area contributed by atoms with Crippen molar-refractivity contribution < 1.29 is 0 Å². The van der Waals surface area contributed by atoms with Crippen molar-refractivity contribution in [1.82, 2.24) is 15.1 Å². The van der Waals surface area contributed by atoms with E-state index in [9.17, 15) is 0 Å². The van der Waals surface area contributed by atoms with Gasteiger partial charge in [0.05, 0.1) is 6.20 Å². The number of rotatable bonds is 5. The maximum atomic E-state index is 4.22. The van der Waals surface area contributed by atoms with E-state index in [0.717, 1.165) is 11.8 Å².